The van der Waals surface area contributed by atoms with Gasteiger partial charge < -0.3 is 10.1 Å². The number of rotatable bonds is 4. The number of carbonyl (C=O) groups excluding carboxylic acids is 1. The summed E-state index contributed by atoms with van der Waals surface area (Å²) in [6, 6.07) is 3.32. The molecule has 114 valence electrons. The van der Waals surface area contributed by atoms with Gasteiger partial charge in [0.1, 0.15) is 5.82 Å². The second-order valence-corrected chi connectivity index (χ2v) is 7.10. The Hall–Kier alpha value is -0.940. The summed E-state index contributed by atoms with van der Waals surface area (Å²) in [6.45, 7) is 0. The summed E-state index contributed by atoms with van der Waals surface area (Å²) in [6.07, 6.45) is 5.15. The number of aryl methyl sites for hydroxylation is 1. The number of hydrogen-bond donors (Lipinski definition) is 1. The lowest BCUT2D eigenvalue weighted by atomic mass is 9.76. The van der Waals surface area contributed by atoms with E-state index in [9.17, 15) is 9.18 Å². The van der Waals surface area contributed by atoms with Crippen LogP contribution in [0.5, 0.6) is 0 Å². The first-order chi connectivity index (χ1) is 10.0. The number of methoxy groups -OCH3 is 1. The van der Waals surface area contributed by atoms with Crippen LogP contribution >= 0.6 is 15.9 Å². The normalized spacial score (nSPS) is 21.2. The first-order valence-corrected chi connectivity index (χ1v) is 8.26. The third kappa shape index (κ3) is 2.86. The van der Waals surface area contributed by atoms with Crippen molar-refractivity contribution < 1.29 is 13.9 Å². The van der Waals surface area contributed by atoms with E-state index in [1.807, 2.05) is 6.07 Å². The quantitative estimate of drug-likeness (QED) is 0.825. The number of fused-ring (bicyclic) bond motifs is 1. The van der Waals surface area contributed by atoms with Crippen LogP contribution in [0.2, 0.25) is 0 Å². The first-order valence-electron chi connectivity index (χ1n) is 7.34. The molecule has 5 heteroatoms. The molecule has 0 aromatic heterocycles. The molecular weight excluding hydrogens is 337 g/mol. The highest BCUT2D eigenvalue weighted by Crippen LogP contribution is 2.45. The summed E-state index contributed by atoms with van der Waals surface area (Å²) in [7, 11) is 1.73. The lowest BCUT2D eigenvalue weighted by Gasteiger charge is -2.42. The molecule has 1 amide bonds. The van der Waals surface area contributed by atoms with Gasteiger partial charge in [-0.1, -0.05) is 15.9 Å². The lowest BCUT2D eigenvalue weighted by Crippen LogP contribution is -2.40. The van der Waals surface area contributed by atoms with Crippen LogP contribution in [0, 0.1) is 5.82 Å². The Kier molecular flexibility index (Phi) is 4.06. The maximum atomic E-state index is 14.3. The molecule has 1 aliphatic heterocycles. The maximum absolute atomic E-state index is 14.3. The fourth-order valence-corrected chi connectivity index (χ4v) is 4.10. The molecule has 3 nitrogen and oxygen atoms in total. The van der Waals surface area contributed by atoms with Gasteiger partial charge in [-0.15, -0.1) is 0 Å². The van der Waals surface area contributed by atoms with Gasteiger partial charge in [0.05, 0.1) is 5.60 Å². The molecule has 3 rings (SSSR count). The molecule has 1 fully saturated rings. The van der Waals surface area contributed by atoms with Crippen molar-refractivity contribution in [3.8, 4) is 0 Å². The molecule has 1 N–H and O–H groups in total. The molecule has 0 radical (unpaired) electrons. The Morgan fingerprint density at radius 2 is 2.19 bits per heavy atom. The lowest BCUT2D eigenvalue weighted by molar-refractivity contribution is -0.116. The van der Waals surface area contributed by atoms with Gasteiger partial charge in [0, 0.05) is 29.6 Å². The molecule has 1 aromatic rings. The predicted molar refractivity (Wildman–Crippen MR) is 83.2 cm³/mol. The van der Waals surface area contributed by atoms with Crippen molar-refractivity contribution in [3.63, 3.8) is 0 Å². The monoisotopic (exact) mass is 355 g/mol. The predicted octanol–water partition coefficient (Wildman–Crippen LogP) is 4.11. The summed E-state index contributed by atoms with van der Waals surface area (Å²) in [5, 5.41) is 2.73. The molecule has 1 aromatic carbocycles. The zero-order chi connectivity index (χ0) is 15.0. The van der Waals surface area contributed by atoms with E-state index in [-0.39, 0.29) is 22.2 Å². The minimum absolute atomic E-state index is 0.0437. The van der Waals surface area contributed by atoms with E-state index in [4.69, 9.17) is 4.74 Å². The number of nitrogens with one attached hydrogen (secondary N) is 1. The second-order valence-electron chi connectivity index (χ2n) is 5.99. The number of hydrogen-bond acceptors (Lipinski definition) is 2. The summed E-state index contributed by atoms with van der Waals surface area (Å²) in [4.78, 5) is 11.3. The smallest absolute Gasteiger partial charge is 0.224 e. The number of halogens is 2. The Morgan fingerprint density at radius 1 is 1.43 bits per heavy atom. The van der Waals surface area contributed by atoms with E-state index >= 15 is 0 Å². The number of anilines is 1. The highest BCUT2D eigenvalue weighted by Gasteiger charge is 2.39. The van der Waals surface area contributed by atoms with Crippen LogP contribution in [0.15, 0.2) is 12.1 Å². The van der Waals surface area contributed by atoms with Crippen molar-refractivity contribution in [1.29, 1.82) is 0 Å². The molecule has 1 aliphatic carbocycles. The Balaban J connectivity index is 1.83. The Bertz CT molecular complexity index is 566. The van der Waals surface area contributed by atoms with Crippen LogP contribution in [0.1, 0.15) is 48.1 Å². The number of carbonyl (C=O) groups is 1. The average molecular weight is 356 g/mol. The zero-order valence-electron chi connectivity index (χ0n) is 12.0. The molecule has 0 bridgehead atoms. The van der Waals surface area contributed by atoms with E-state index in [1.165, 1.54) is 12.5 Å². The minimum Gasteiger partial charge on any atom is -0.378 e. The number of ether oxygens (including phenoxy) is 1. The highest BCUT2D eigenvalue weighted by molar-refractivity contribution is 9.09. The second kappa shape index (κ2) is 5.69. The number of benzene rings is 1. The summed E-state index contributed by atoms with van der Waals surface area (Å²) in [5.74, 6) is -0.318. The van der Waals surface area contributed by atoms with Gasteiger partial charge in [0.2, 0.25) is 5.91 Å². The SMILES string of the molecule is COC1(CC(Br)c2cc3c(cc2F)NC(=O)CC3)CCC1. The van der Waals surface area contributed by atoms with Crippen LogP contribution in [0.4, 0.5) is 10.1 Å². The van der Waals surface area contributed by atoms with Gasteiger partial charge in [-0.3, -0.25) is 4.79 Å². The Labute approximate surface area is 132 Å². The van der Waals surface area contributed by atoms with Gasteiger partial charge in [0.15, 0.2) is 0 Å². The van der Waals surface area contributed by atoms with E-state index in [0.717, 1.165) is 24.8 Å². The van der Waals surface area contributed by atoms with Crippen LogP contribution in [-0.4, -0.2) is 18.6 Å². The van der Waals surface area contributed by atoms with Gasteiger partial charge in [-0.05, 0) is 49.8 Å². The van der Waals surface area contributed by atoms with Crippen molar-refractivity contribution >= 4 is 27.5 Å². The Morgan fingerprint density at radius 3 is 2.81 bits per heavy atom. The van der Waals surface area contributed by atoms with E-state index in [2.05, 4.69) is 21.2 Å². The minimum atomic E-state index is -0.275. The summed E-state index contributed by atoms with van der Waals surface area (Å²) >= 11 is 3.62. The van der Waals surface area contributed by atoms with Crippen LogP contribution in [0.25, 0.3) is 0 Å². The number of amides is 1. The van der Waals surface area contributed by atoms with E-state index in [1.54, 1.807) is 7.11 Å². The van der Waals surface area contributed by atoms with Crippen molar-refractivity contribution in [1.82, 2.24) is 0 Å². The molecule has 21 heavy (non-hydrogen) atoms. The molecule has 1 heterocycles. The topological polar surface area (TPSA) is 38.3 Å². The first kappa shape index (κ1) is 15.0. The van der Waals surface area contributed by atoms with Crippen molar-refractivity contribution in [2.45, 2.75) is 49.0 Å². The van der Waals surface area contributed by atoms with Crippen molar-refractivity contribution in [2.24, 2.45) is 0 Å². The standard InChI is InChI=1S/C16H19BrFNO2/c1-21-16(5-2-6-16)9-12(17)11-7-10-3-4-15(20)19-14(10)8-13(11)18/h7-8,12H,2-6,9H2,1H3,(H,19,20). The fourth-order valence-electron chi connectivity index (χ4n) is 3.16. The van der Waals surface area contributed by atoms with Crippen LogP contribution < -0.4 is 5.32 Å². The fraction of sp³-hybridized carbons (Fsp3) is 0.562. The van der Waals surface area contributed by atoms with E-state index < -0.39 is 0 Å². The van der Waals surface area contributed by atoms with Crippen molar-refractivity contribution in [3.05, 3.63) is 29.1 Å². The van der Waals surface area contributed by atoms with Crippen molar-refractivity contribution in [2.75, 3.05) is 12.4 Å². The van der Waals surface area contributed by atoms with Crippen LogP contribution in [0.3, 0.4) is 0 Å². The molecule has 1 saturated carbocycles. The molecule has 1 atom stereocenters. The molecule has 0 saturated heterocycles. The summed E-state index contributed by atoms with van der Waals surface area (Å²) in [5.41, 5.74) is 2.17. The molecule has 0 spiro atoms. The zero-order valence-corrected chi connectivity index (χ0v) is 13.6. The molecular formula is C16H19BrFNO2. The third-order valence-corrected chi connectivity index (χ3v) is 5.52. The average Bonchev–Trinajstić information content (AvgIpc) is 2.41. The largest absolute Gasteiger partial charge is 0.378 e. The molecule has 2 aliphatic rings. The van der Waals surface area contributed by atoms with Gasteiger partial charge in [0.25, 0.3) is 0 Å². The maximum Gasteiger partial charge on any atom is 0.224 e. The van der Waals surface area contributed by atoms with Gasteiger partial charge >= 0.3 is 0 Å². The van der Waals surface area contributed by atoms with Gasteiger partial charge in [-0.25, -0.2) is 4.39 Å². The third-order valence-electron chi connectivity index (χ3n) is 4.70. The van der Waals surface area contributed by atoms with Gasteiger partial charge in [-0.2, -0.15) is 0 Å². The van der Waals surface area contributed by atoms with E-state index in [0.29, 0.717) is 24.1 Å². The number of alkyl halides is 1. The van der Waals surface area contributed by atoms with Crippen LogP contribution in [-0.2, 0) is 16.0 Å². The molecule has 1 unspecified atom stereocenters. The highest BCUT2D eigenvalue weighted by atomic mass is 79.9. The summed E-state index contributed by atoms with van der Waals surface area (Å²) < 4.78 is 20.0.